The number of fused-ring (bicyclic) bond motifs is 3. The number of methoxy groups -OCH3 is 1. The highest BCUT2D eigenvalue weighted by molar-refractivity contribution is 5.91. The van der Waals surface area contributed by atoms with Crippen molar-refractivity contribution in [3.05, 3.63) is 60.2 Å². The van der Waals surface area contributed by atoms with Crippen LogP contribution in [0.25, 0.3) is 28.0 Å². The second-order valence-electron chi connectivity index (χ2n) is 9.53. The standard InChI is InChI=1S/C27H25FN6O2/c1-36-22-7-6-15(11-21(22)35)23-25(16-2-3-17(12-29)20(28)10-16)32-27(34-9-8-31-26(23)34)33-13-18-4-5-19(14-33)24(18)30/h2-3,6-11,18-19,24,35H,4-5,13-14,30H2,1H3. The quantitative estimate of drug-likeness (QED) is 0.451. The van der Waals surface area contributed by atoms with Crippen LogP contribution in [0.4, 0.5) is 10.3 Å². The second-order valence-corrected chi connectivity index (χ2v) is 9.53. The number of nitriles is 1. The summed E-state index contributed by atoms with van der Waals surface area (Å²) in [5.74, 6) is 1.21. The van der Waals surface area contributed by atoms with Crippen LogP contribution < -0.4 is 15.4 Å². The SMILES string of the molecule is COc1ccc(-c2c(-c3ccc(C#N)c(F)c3)nc(N3CC4CCC(C3)C4N)n3ccnc23)cc1O. The number of nitrogens with zero attached hydrogens (tertiary/aromatic N) is 5. The molecular formula is C27H25FN6O2. The van der Waals surface area contributed by atoms with Gasteiger partial charge in [-0.05, 0) is 54.5 Å². The topological polar surface area (TPSA) is 113 Å². The third-order valence-corrected chi connectivity index (χ3v) is 7.55. The summed E-state index contributed by atoms with van der Waals surface area (Å²) in [6.45, 7) is 1.59. The minimum atomic E-state index is -0.618. The molecule has 36 heavy (non-hydrogen) atoms. The number of imidazole rings is 1. The van der Waals surface area contributed by atoms with Crippen molar-refractivity contribution < 1.29 is 14.2 Å². The molecule has 2 fully saturated rings. The summed E-state index contributed by atoms with van der Waals surface area (Å²) in [5, 5.41) is 19.7. The van der Waals surface area contributed by atoms with Gasteiger partial charge in [-0.15, -0.1) is 0 Å². The van der Waals surface area contributed by atoms with E-state index >= 15 is 0 Å². The Kier molecular flexibility index (Phi) is 5.27. The maximum atomic E-state index is 14.7. The number of aromatic nitrogens is 3. The van der Waals surface area contributed by atoms with Crippen LogP contribution in [0.15, 0.2) is 48.8 Å². The first-order valence-corrected chi connectivity index (χ1v) is 11.9. The Labute approximate surface area is 207 Å². The number of nitrogens with two attached hydrogens (primary N) is 1. The van der Waals surface area contributed by atoms with Gasteiger partial charge in [0.2, 0.25) is 5.95 Å². The molecule has 1 aliphatic carbocycles. The first-order valence-electron chi connectivity index (χ1n) is 11.9. The maximum Gasteiger partial charge on any atom is 0.211 e. The number of benzene rings is 2. The van der Waals surface area contributed by atoms with E-state index in [1.165, 1.54) is 19.2 Å². The number of phenols is 1. The molecule has 3 N–H and O–H groups in total. The minimum absolute atomic E-state index is 0.0256. The number of rotatable bonds is 4. The number of anilines is 1. The molecule has 8 nitrogen and oxygen atoms in total. The van der Waals surface area contributed by atoms with Gasteiger partial charge in [-0.3, -0.25) is 4.40 Å². The second kappa shape index (κ2) is 8.50. The van der Waals surface area contributed by atoms with Crippen LogP contribution >= 0.6 is 0 Å². The molecule has 2 aromatic carbocycles. The lowest BCUT2D eigenvalue weighted by molar-refractivity contribution is 0.353. The summed E-state index contributed by atoms with van der Waals surface area (Å²) in [6, 6.07) is 11.6. The fourth-order valence-corrected chi connectivity index (χ4v) is 5.69. The average Bonchev–Trinajstić information content (AvgIpc) is 3.43. The fourth-order valence-electron chi connectivity index (χ4n) is 5.69. The predicted octanol–water partition coefficient (Wildman–Crippen LogP) is 3.96. The molecule has 1 saturated carbocycles. The molecular weight excluding hydrogens is 459 g/mol. The maximum absolute atomic E-state index is 14.7. The Hall–Kier alpha value is -4.16. The lowest BCUT2D eigenvalue weighted by atomic mass is 9.93. The molecule has 9 heteroatoms. The van der Waals surface area contributed by atoms with Crippen LogP contribution in [-0.2, 0) is 0 Å². The predicted molar refractivity (Wildman–Crippen MR) is 133 cm³/mol. The molecule has 2 atom stereocenters. The van der Waals surface area contributed by atoms with Gasteiger partial charge in [0.25, 0.3) is 0 Å². The zero-order valence-corrected chi connectivity index (χ0v) is 19.7. The van der Waals surface area contributed by atoms with E-state index in [-0.39, 0.29) is 17.4 Å². The van der Waals surface area contributed by atoms with Gasteiger partial charge in [0.15, 0.2) is 11.5 Å². The van der Waals surface area contributed by atoms with Crippen molar-refractivity contribution in [3.8, 4) is 40.0 Å². The Morgan fingerprint density at radius 2 is 1.89 bits per heavy atom. The van der Waals surface area contributed by atoms with Gasteiger partial charge >= 0.3 is 0 Å². The van der Waals surface area contributed by atoms with Crippen molar-refractivity contribution in [2.45, 2.75) is 18.9 Å². The van der Waals surface area contributed by atoms with E-state index in [0.717, 1.165) is 25.9 Å². The highest BCUT2D eigenvalue weighted by Gasteiger charge is 2.41. The Bertz CT molecular complexity index is 1510. The van der Waals surface area contributed by atoms with Gasteiger partial charge in [-0.2, -0.15) is 5.26 Å². The lowest BCUT2D eigenvalue weighted by Gasteiger charge is -2.37. The number of hydrogen-bond acceptors (Lipinski definition) is 7. The summed E-state index contributed by atoms with van der Waals surface area (Å²) >= 11 is 0. The Balaban J connectivity index is 1.59. The van der Waals surface area contributed by atoms with Gasteiger partial charge < -0.3 is 20.5 Å². The molecule has 182 valence electrons. The van der Waals surface area contributed by atoms with Crippen molar-refractivity contribution in [1.29, 1.82) is 5.26 Å². The monoisotopic (exact) mass is 484 g/mol. The number of phenolic OH excluding ortho intramolecular Hbond substituents is 1. The van der Waals surface area contributed by atoms with E-state index < -0.39 is 5.82 Å². The largest absolute Gasteiger partial charge is 0.504 e. The minimum Gasteiger partial charge on any atom is -0.504 e. The summed E-state index contributed by atoms with van der Waals surface area (Å²) in [7, 11) is 1.49. The fraction of sp³-hybridized carbons (Fsp3) is 0.296. The van der Waals surface area contributed by atoms with Gasteiger partial charge in [0, 0.05) is 37.1 Å². The summed E-state index contributed by atoms with van der Waals surface area (Å²) < 4.78 is 21.9. The van der Waals surface area contributed by atoms with Crippen LogP contribution in [0.5, 0.6) is 11.5 Å². The van der Waals surface area contributed by atoms with Gasteiger partial charge in [-0.1, -0.05) is 12.1 Å². The highest BCUT2D eigenvalue weighted by atomic mass is 19.1. The van der Waals surface area contributed by atoms with E-state index in [9.17, 15) is 14.8 Å². The number of ether oxygens (including phenoxy) is 1. The number of piperidine rings is 1. The highest BCUT2D eigenvalue weighted by Crippen LogP contribution is 2.42. The van der Waals surface area contributed by atoms with Gasteiger partial charge in [-0.25, -0.2) is 14.4 Å². The van der Waals surface area contributed by atoms with Crippen molar-refractivity contribution in [2.75, 3.05) is 25.1 Å². The van der Waals surface area contributed by atoms with E-state index in [4.69, 9.17) is 15.5 Å². The molecule has 2 bridgehead atoms. The third-order valence-electron chi connectivity index (χ3n) is 7.55. The zero-order chi connectivity index (χ0) is 25.0. The molecule has 0 spiro atoms. The van der Waals surface area contributed by atoms with Crippen LogP contribution in [0, 0.1) is 29.0 Å². The molecule has 1 aliphatic heterocycles. The normalized spacial score (nSPS) is 21.1. The van der Waals surface area contributed by atoms with Crippen molar-refractivity contribution in [1.82, 2.24) is 14.4 Å². The number of aromatic hydroxyl groups is 1. The Morgan fingerprint density at radius 1 is 1.14 bits per heavy atom. The van der Waals surface area contributed by atoms with E-state index in [2.05, 4.69) is 9.88 Å². The van der Waals surface area contributed by atoms with Gasteiger partial charge in [0.1, 0.15) is 17.5 Å². The smallest absolute Gasteiger partial charge is 0.211 e. The molecule has 0 amide bonds. The molecule has 6 rings (SSSR count). The lowest BCUT2D eigenvalue weighted by Crippen LogP contribution is -2.49. The Morgan fingerprint density at radius 3 is 2.56 bits per heavy atom. The van der Waals surface area contributed by atoms with Crippen molar-refractivity contribution in [2.24, 2.45) is 17.6 Å². The van der Waals surface area contributed by atoms with E-state index in [1.807, 2.05) is 22.7 Å². The van der Waals surface area contributed by atoms with E-state index in [1.54, 1.807) is 24.4 Å². The van der Waals surface area contributed by atoms with Crippen molar-refractivity contribution >= 4 is 11.6 Å². The van der Waals surface area contributed by atoms with Gasteiger partial charge in [0.05, 0.1) is 23.9 Å². The first kappa shape index (κ1) is 22.3. The molecule has 2 unspecified atom stereocenters. The summed E-state index contributed by atoms with van der Waals surface area (Å²) in [5.41, 5.74) is 9.37. The number of hydrogen-bond donors (Lipinski definition) is 2. The van der Waals surface area contributed by atoms with Crippen LogP contribution in [-0.4, -0.2) is 45.7 Å². The number of halogens is 1. The van der Waals surface area contributed by atoms with E-state index in [0.29, 0.717) is 51.6 Å². The molecule has 0 radical (unpaired) electrons. The average molecular weight is 485 g/mol. The van der Waals surface area contributed by atoms with Crippen LogP contribution in [0.2, 0.25) is 0 Å². The van der Waals surface area contributed by atoms with Crippen LogP contribution in [0.1, 0.15) is 18.4 Å². The van der Waals surface area contributed by atoms with Crippen LogP contribution in [0.3, 0.4) is 0 Å². The molecule has 2 aliphatic rings. The molecule has 1 saturated heterocycles. The summed E-state index contributed by atoms with van der Waals surface area (Å²) in [4.78, 5) is 12.0. The molecule has 2 aromatic heterocycles. The zero-order valence-electron chi connectivity index (χ0n) is 19.7. The molecule has 3 heterocycles. The molecule has 4 aromatic rings. The first-order chi connectivity index (χ1) is 17.5. The third kappa shape index (κ3) is 3.45. The summed E-state index contributed by atoms with van der Waals surface area (Å²) in [6.07, 6.45) is 5.78. The van der Waals surface area contributed by atoms with Crippen molar-refractivity contribution in [3.63, 3.8) is 0 Å².